The highest BCUT2D eigenvalue weighted by molar-refractivity contribution is 6.26. The molecule has 0 unspecified atom stereocenters. The Morgan fingerprint density at radius 2 is 0.456 bits per heavy atom. The quantitative estimate of drug-likeness (QED) is 0.107. The fourth-order valence-corrected chi connectivity index (χ4v) is 25.4. The summed E-state index contributed by atoms with van der Waals surface area (Å²) in [6.45, 7) is 14.2. The van der Waals surface area contributed by atoms with E-state index in [1.54, 1.807) is 0 Å². The average molecular weight is 1870 g/mol. The van der Waals surface area contributed by atoms with E-state index in [-0.39, 0.29) is 16.2 Å². The molecule has 0 amide bonds. The van der Waals surface area contributed by atoms with Gasteiger partial charge in [-0.15, -0.1) is 0 Å². The van der Waals surface area contributed by atoms with E-state index in [1.807, 2.05) is 30.7 Å². The zero-order valence-corrected chi connectivity index (χ0v) is 82.5. The van der Waals surface area contributed by atoms with Crippen LogP contribution in [0.25, 0.3) is 263 Å². The summed E-state index contributed by atoms with van der Waals surface area (Å²) in [4.78, 5) is 20.0. The van der Waals surface area contributed by atoms with Crippen molar-refractivity contribution in [2.75, 3.05) is 0 Å². The van der Waals surface area contributed by atoms with Gasteiger partial charge < -0.3 is 0 Å². The highest BCUT2D eigenvalue weighted by atomic mass is 14.8. The number of para-hydroxylation sites is 1. The molecular weight excluding hydrogens is 1770 g/mol. The van der Waals surface area contributed by atoms with Crippen LogP contribution in [-0.4, -0.2) is 19.9 Å². The Kier molecular flexibility index (Phi) is 20.0. The minimum absolute atomic E-state index is 0.0721. The Bertz CT molecular complexity index is 10200. The van der Waals surface area contributed by atoms with Gasteiger partial charge in [0.1, 0.15) is 0 Å². The van der Waals surface area contributed by atoms with Gasteiger partial charge in [0.05, 0.1) is 27.9 Å². The van der Waals surface area contributed by atoms with Gasteiger partial charge in [-0.3, -0.25) is 9.97 Å². The molecule has 0 radical (unpaired) electrons. The Morgan fingerprint density at radius 3 is 0.871 bits per heavy atom. The summed E-state index contributed by atoms with van der Waals surface area (Å²) in [7, 11) is 0. The minimum Gasteiger partial charge on any atom is -0.264 e. The maximum atomic E-state index is 5.42. The number of aromatic nitrogens is 4. The number of fused-ring (bicyclic) bond motifs is 22. The van der Waals surface area contributed by atoms with Gasteiger partial charge in [0.15, 0.2) is 0 Å². The maximum Gasteiger partial charge on any atom is 0.0972 e. The molecule has 0 saturated heterocycles. The third-order valence-electron chi connectivity index (χ3n) is 32.5. The van der Waals surface area contributed by atoms with Crippen molar-refractivity contribution in [3.63, 3.8) is 0 Å². The first kappa shape index (κ1) is 86.6. The molecule has 4 aromatic heterocycles. The number of benzene rings is 23. The summed E-state index contributed by atoms with van der Waals surface area (Å²) < 4.78 is 0. The van der Waals surface area contributed by atoms with Crippen molar-refractivity contribution in [1.82, 2.24) is 19.9 Å². The number of rotatable bonds is 9. The average Bonchev–Trinajstić information content (AvgIpc) is 0.989. The van der Waals surface area contributed by atoms with Crippen molar-refractivity contribution in [3.05, 3.63) is 519 Å². The first-order valence-corrected chi connectivity index (χ1v) is 51.3. The first-order chi connectivity index (χ1) is 72.2. The largest absolute Gasteiger partial charge is 0.264 e. The van der Waals surface area contributed by atoms with Crippen LogP contribution in [0.2, 0.25) is 0 Å². The molecule has 27 aromatic rings. The third-order valence-corrected chi connectivity index (χ3v) is 32.5. The van der Waals surface area contributed by atoms with Crippen molar-refractivity contribution in [1.29, 1.82) is 0 Å². The SMILES string of the molecule is CC1(C)c2ccccc2-c2ccc(-c3c4ccccc4c(-c4ccc5ccc6cccnc6c5n4)c4ccc(-c5cccc6ccccc56)cc34)cc21.CC1(C)c2ccccc2-c2ccc(-c3c4ccccc4c(-c4ccc5ccccc5n4)c4ccc(-c5cccc6ccccc56)cc34)cc21.CC1(C)c2ccccc2-c2ccc(-c3c4ccccc4c(-c4cccnc4)c4ccc(-c5cccc6ccccc56)cc34)cc21. The van der Waals surface area contributed by atoms with Gasteiger partial charge in [-0.05, 0) is 303 Å². The molecule has 4 nitrogen and oxygen atoms in total. The number of hydrogen-bond donors (Lipinski definition) is 0. The van der Waals surface area contributed by atoms with E-state index in [4.69, 9.17) is 15.0 Å². The van der Waals surface area contributed by atoms with E-state index in [0.717, 1.165) is 55.2 Å². The van der Waals surface area contributed by atoms with Gasteiger partial charge in [0.25, 0.3) is 0 Å². The van der Waals surface area contributed by atoms with Crippen molar-refractivity contribution < 1.29 is 0 Å². The van der Waals surface area contributed by atoms with Crippen molar-refractivity contribution in [3.8, 4) is 134 Å². The molecular formula is C143H98N4. The molecule has 30 rings (SSSR count). The molecule has 690 valence electrons. The second-order valence-corrected chi connectivity index (χ2v) is 41.6. The second kappa shape index (κ2) is 34.0. The van der Waals surface area contributed by atoms with E-state index in [9.17, 15) is 0 Å². The number of pyridine rings is 4. The number of hydrogen-bond acceptors (Lipinski definition) is 4. The summed E-state index contributed by atoms with van der Waals surface area (Å²) in [6.07, 6.45) is 5.71. The van der Waals surface area contributed by atoms with Gasteiger partial charge in [0.2, 0.25) is 0 Å². The summed E-state index contributed by atoms with van der Waals surface area (Å²) in [5.74, 6) is 0. The third kappa shape index (κ3) is 13.9. The van der Waals surface area contributed by atoms with Crippen LogP contribution in [0, 0.1) is 0 Å². The molecule has 3 aliphatic carbocycles. The van der Waals surface area contributed by atoms with Crippen LogP contribution in [0.3, 0.4) is 0 Å². The molecule has 0 spiro atoms. The van der Waals surface area contributed by atoms with Crippen molar-refractivity contribution in [2.24, 2.45) is 0 Å². The second-order valence-electron chi connectivity index (χ2n) is 41.6. The molecule has 4 heterocycles. The Balaban J connectivity index is 0.000000107. The van der Waals surface area contributed by atoms with E-state index in [2.05, 4.69) is 502 Å². The molecule has 0 aliphatic heterocycles. The predicted octanol–water partition coefficient (Wildman–Crippen LogP) is 38.4. The highest BCUT2D eigenvalue weighted by Gasteiger charge is 2.40. The fourth-order valence-electron chi connectivity index (χ4n) is 25.4. The maximum absolute atomic E-state index is 5.42. The standard InChI is InChI=1S/C51H34N2.C48H33N.C44H31N/c1-51(2)44-19-8-7-15-38(44)39-25-23-35(30-45(39)51)47-40-16-5-6-17-41(40)48(46-27-24-33-21-20-32-13-10-28-52-49(32)50(33)53-46)42-26-22-34(29-43(42)47)37-18-9-12-31-11-3-4-14-36(31)37;1-48(2)42-20-9-8-16-36(42)37-25-23-33(29-43(37)48)46-38-17-6-7-18-39(38)47(45-27-24-31-13-4-10-21-44(31)49-45)40-26-22-32(28-41(40)46)35-19-11-14-30-12-3-5-15-34(30)35;1-44(2)40-19-8-7-15-34(40)35-22-21-30(26-41(35)44)42-36-16-5-6-17-37(36)43(31-13-10-24-45-27-31)38-23-20-29(25-39(38)42)33-18-9-12-28-11-3-4-14-32(28)33/h3-30H,1-2H3;3-29H,1-2H3;3-27H,1-2H3. The first-order valence-electron chi connectivity index (χ1n) is 51.3. The predicted molar refractivity (Wildman–Crippen MR) is 622 cm³/mol. The summed E-state index contributed by atoms with van der Waals surface area (Å²) in [5.41, 5.74) is 40.5. The topological polar surface area (TPSA) is 51.6 Å². The van der Waals surface area contributed by atoms with Crippen LogP contribution >= 0.6 is 0 Å². The Labute approximate surface area is 854 Å². The Morgan fingerprint density at radius 1 is 0.163 bits per heavy atom. The van der Waals surface area contributed by atoms with E-state index in [1.165, 1.54) is 242 Å². The lowest BCUT2D eigenvalue weighted by Gasteiger charge is -2.23. The molecule has 0 saturated carbocycles. The van der Waals surface area contributed by atoms with Crippen LogP contribution in [0.5, 0.6) is 0 Å². The van der Waals surface area contributed by atoms with Gasteiger partial charge in [-0.2, -0.15) is 0 Å². The van der Waals surface area contributed by atoms with E-state index in [0.29, 0.717) is 0 Å². The van der Waals surface area contributed by atoms with Crippen molar-refractivity contribution in [2.45, 2.75) is 57.8 Å². The van der Waals surface area contributed by atoms with Crippen molar-refractivity contribution >= 4 is 130 Å². The van der Waals surface area contributed by atoms with Crippen LogP contribution in [0.15, 0.2) is 486 Å². The highest BCUT2D eigenvalue weighted by Crippen LogP contribution is 2.58. The normalized spacial score (nSPS) is 13.3. The fraction of sp³-hybridized carbons (Fsp3) is 0.0629. The van der Waals surface area contributed by atoms with E-state index < -0.39 is 0 Å². The molecule has 0 atom stereocenters. The molecule has 147 heavy (non-hydrogen) atoms. The summed E-state index contributed by atoms with van der Waals surface area (Å²) >= 11 is 0. The summed E-state index contributed by atoms with van der Waals surface area (Å²) in [5, 5.41) is 25.6. The van der Waals surface area contributed by atoms with Crippen LogP contribution in [-0.2, 0) is 16.2 Å². The monoisotopic (exact) mass is 1870 g/mol. The van der Waals surface area contributed by atoms with Gasteiger partial charge in [0, 0.05) is 67.7 Å². The van der Waals surface area contributed by atoms with E-state index >= 15 is 0 Å². The minimum atomic E-state index is -0.104. The van der Waals surface area contributed by atoms with Crippen LogP contribution in [0.1, 0.15) is 74.9 Å². The zero-order chi connectivity index (χ0) is 98.1. The Hall–Kier alpha value is -18.2. The zero-order valence-electron chi connectivity index (χ0n) is 82.5. The molecule has 0 fully saturated rings. The molecule has 23 aromatic carbocycles. The summed E-state index contributed by atoms with van der Waals surface area (Å²) in [6, 6.07) is 172. The van der Waals surface area contributed by atoms with Gasteiger partial charge in [-0.1, -0.05) is 442 Å². The van der Waals surface area contributed by atoms with Gasteiger partial charge in [-0.25, -0.2) is 9.97 Å². The molecule has 0 bridgehead atoms. The lowest BCUT2D eigenvalue weighted by molar-refractivity contribution is 0.660. The number of nitrogens with zero attached hydrogens (tertiary/aromatic N) is 4. The lowest BCUT2D eigenvalue weighted by atomic mass is 9.80. The molecule has 4 heteroatoms. The molecule has 3 aliphatic rings. The van der Waals surface area contributed by atoms with Crippen LogP contribution in [0.4, 0.5) is 0 Å². The smallest absolute Gasteiger partial charge is 0.0972 e. The lowest BCUT2D eigenvalue weighted by Crippen LogP contribution is -2.14. The van der Waals surface area contributed by atoms with Crippen LogP contribution < -0.4 is 0 Å². The van der Waals surface area contributed by atoms with Gasteiger partial charge >= 0.3 is 0 Å². The molecule has 0 N–H and O–H groups in total.